The number of nitrogen functional groups attached to an aromatic ring is 1. The number of nitrogens with one attached hydrogen (secondary N) is 1. The predicted octanol–water partition coefficient (Wildman–Crippen LogP) is 1.12. The van der Waals surface area contributed by atoms with E-state index in [-0.39, 0.29) is 12.5 Å². The van der Waals surface area contributed by atoms with Gasteiger partial charge in [-0.15, -0.1) is 0 Å². The molecule has 0 radical (unpaired) electrons. The molecule has 0 aliphatic heterocycles. The molecular formula is C12H15N5O. The fourth-order valence-electron chi connectivity index (χ4n) is 1.70. The van der Waals surface area contributed by atoms with E-state index in [0.717, 1.165) is 11.3 Å². The Bertz CT molecular complexity index is 555. The van der Waals surface area contributed by atoms with Crippen LogP contribution >= 0.6 is 0 Å². The molecule has 0 saturated carbocycles. The van der Waals surface area contributed by atoms with E-state index in [1.807, 2.05) is 26.0 Å². The third-order valence-corrected chi connectivity index (χ3v) is 2.33. The van der Waals surface area contributed by atoms with Crippen molar-refractivity contribution in [3.8, 4) is 0 Å². The number of carbonyl (C=O) groups is 1. The summed E-state index contributed by atoms with van der Waals surface area (Å²) in [6.07, 6.45) is 1.66. The van der Waals surface area contributed by atoms with Crippen LogP contribution in [-0.2, 0) is 11.3 Å². The molecular weight excluding hydrogens is 230 g/mol. The molecule has 0 saturated heterocycles. The number of aromatic nitrogens is 3. The molecule has 3 N–H and O–H groups in total. The van der Waals surface area contributed by atoms with Crippen LogP contribution in [0.25, 0.3) is 0 Å². The van der Waals surface area contributed by atoms with E-state index in [1.165, 1.54) is 4.68 Å². The van der Waals surface area contributed by atoms with E-state index < -0.39 is 0 Å². The SMILES string of the molecule is Cc1cc(C)nc(NC(=O)Cn2ccc(N)n2)c1. The van der Waals surface area contributed by atoms with Gasteiger partial charge in [-0.3, -0.25) is 9.48 Å². The molecule has 0 spiro atoms. The predicted molar refractivity (Wildman–Crippen MR) is 69.0 cm³/mol. The number of rotatable bonds is 3. The van der Waals surface area contributed by atoms with Crippen LogP contribution in [-0.4, -0.2) is 20.7 Å². The fraction of sp³-hybridized carbons (Fsp3) is 0.250. The van der Waals surface area contributed by atoms with Gasteiger partial charge in [-0.05, 0) is 37.6 Å². The molecule has 2 rings (SSSR count). The first-order valence-electron chi connectivity index (χ1n) is 5.57. The van der Waals surface area contributed by atoms with Gasteiger partial charge in [0.1, 0.15) is 18.2 Å². The maximum atomic E-state index is 11.8. The second-order valence-corrected chi connectivity index (χ2v) is 4.16. The highest BCUT2D eigenvalue weighted by atomic mass is 16.2. The van der Waals surface area contributed by atoms with Crippen molar-refractivity contribution >= 4 is 17.5 Å². The molecule has 0 aromatic carbocycles. The minimum atomic E-state index is -0.185. The summed E-state index contributed by atoms with van der Waals surface area (Å²) in [5.41, 5.74) is 7.40. The number of nitrogens with two attached hydrogens (primary N) is 1. The van der Waals surface area contributed by atoms with Gasteiger partial charge >= 0.3 is 0 Å². The van der Waals surface area contributed by atoms with E-state index in [1.54, 1.807) is 12.3 Å². The highest BCUT2D eigenvalue weighted by molar-refractivity contribution is 5.89. The van der Waals surface area contributed by atoms with E-state index in [9.17, 15) is 4.79 Å². The van der Waals surface area contributed by atoms with E-state index in [0.29, 0.717) is 11.6 Å². The number of hydrogen-bond acceptors (Lipinski definition) is 4. The minimum absolute atomic E-state index is 0.117. The highest BCUT2D eigenvalue weighted by Gasteiger charge is 2.06. The van der Waals surface area contributed by atoms with Crippen molar-refractivity contribution in [1.29, 1.82) is 0 Å². The van der Waals surface area contributed by atoms with Crippen molar-refractivity contribution in [2.24, 2.45) is 0 Å². The zero-order valence-corrected chi connectivity index (χ0v) is 10.3. The van der Waals surface area contributed by atoms with Crippen LogP contribution < -0.4 is 11.1 Å². The Kier molecular flexibility index (Phi) is 3.27. The van der Waals surface area contributed by atoms with E-state index >= 15 is 0 Å². The lowest BCUT2D eigenvalue weighted by molar-refractivity contribution is -0.116. The Morgan fingerprint density at radius 1 is 1.44 bits per heavy atom. The summed E-state index contributed by atoms with van der Waals surface area (Å²) in [7, 11) is 0. The Morgan fingerprint density at radius 3 is 2.83 bits per heavy atom. The molecule has 0 fully saturated rings. The summed E-state index contributed by atoms with van der Waals surface area (Å²) in [5.74, 6) is 0.764. The molecule has 2 aromatic rings. The molecule has 0 aliphatic rings. The number of carbonyl (C=O) groups excluding carboxylic acids is 1. The first-order valence-corrected chi connectivity index (χ1v) is 5.57. The third kappa shape index (κ3) is 3.07. The molecule has 0 unspecified atom stereocenters. The van der Waals surface area contributed by atoms with Gasteiger partial charge in [-0.25, -0.2) is 4.98 Å². The van der Waals surface area contributed by atoms with Crippen LogP contribution in [0.15, 0.2) is 24.4 Å². The van der Waals surface area contributed by atoms with Gasteiger partial charge in [0.25, 0.3) is 0 Å². The standard InChI is InChI=1S/C12H15N5O/c1-8-5-9(2)14-11(6-8)15-12(18)7-17-4-3-10(13)16-17/h3-6H,7H2,1-2H3,(H2,13,16)(H,14,15,18). The summed E-state index contributed by atoms with van der Waals surface area (Å²) >= 11 is 0. The first-order chi connectivity index (χ1) is 8.52. The molecule has 2 aromatic heterocycles. The monoisotopic (exact) mass is 245 g/mol. The lowest BCUT2D eigenvalue weighted by atomic mass is 10.2. The molecule has 6 nitrogen and oxygen atoms in total. The van der Waals surface area contributed by atoms with Gasteiger partial charge in [0.15, 0.2) is 0 Å². The Balaban J connectivity index is 2.02. The molecule has 0 atom stereocenters. The second-order valence-electron chi connectivity index (χ2n) is 4.16. The maximum absolute atomic E-state index is 11.8. The number of hydrogen-bond donors (Lipinski definition) is 2. The Labute approximate surface area is 105 Å². The van der Waals surface area contributed by atoms with Crippen molar-refractivity contribution in [3.05, 3.63) is 35.7 Å². The largest absolute Gasteiger partial charge is 0.382 e. The van der Waals surface area contributed by atoms with Crippen molar-refractivity contribution < 1.29 is 4.79 Å². The van der Waals surface area contributed by atoms with Gasteiger partial charge in [-0.2, -0.15) is 5.10 Å². The summed E-state index contributed by atoms with van der Waals surface area (Å²) in [6.45, 7) is 3.96. The van der Waals surface area contributed by atoms with E-state index in [4.69, 9.17) is 5.73 Å². The number of nitrogens with zero attached hydrogens (tertiary/aromatic N) is 3. The Hall–Kier alpha value is -2.37. The van der Waals surface area contributed by atoms with Crippen LogP contribution in [0.3, 0.4) is 0 Å². The van der Waals surface area contributed by atoms with Gasteiger partial charge in [0.2, 0.25) is 5.91 Å². The second kappa shape index (κ2) is 4.87. The summed E-state index contributed by atoms with van der Waals surface area (Å²) in [4.78, 5) is 16.0. The van der Waals surface area contributed by atoms with Gasteiger partial charge in [0.05, 0.1) is 0 Å². The molecule has 6 heteroatoms. The summed E-state index contributed by atoms with van der Waals surface area (Å²) < 4.78 is 1.48. The molecule has 0 bridgehead atoms. The zero-order chi connectivity index (χ0) is 13.1. The number of anilines is 2. The minimum Gasteiger partial charge on any atom is -0.382 e. The molecule has 1 amide bonds. The first kappa shape index (κ1) is 12.1. The third-order valence-electron chi connectivity index (χ3n) is 2.33. The van der Waals surface area contributed by atoms with Crippen molar-refractivity contribution in [1.82, 2.24) is 14.8 Å². The number of amides is 1. The number of aryl methyl sites for hydroxylation is 2. The van der Waals surface area contributed by atoms with Crippen LogP contribution in [0.4, 0.5) is 11.6 Å². The normalized spacial score (nSPS) is 10.3. The Morgan fingerprint density at radius 2 is 2.22 bits per heavy atom. The van der Waals surface area contributed by atoms with Gasteiger partial charge < -0.3 is 11.1 Å². The summed E-state index contributed by atoms with van der Waals surface area (Å²) in [5, 5.41) is 6.67. The average Bonchev–Trinajstić information content (AvgIpc) is 2.61. The molecule has 18 heavy (non-hydrogen) atoms. The smallest absolute Gasteiger partial charge is 0.247 e. The molecule has 2 heterocycles. The van der Waals surface area contributed by atoms with Crippen LogP contribution in [0, 0.1) is 13.8 Å². The fourth-order valence-corrected chi connectivity index (χ4v) is 1.70. The molecule has 94 valence electrons. The lowest BCUT2D eigenvalue weighted by Crippen LogP contribution is -2.20. The average molecular weight is 245 g/mol. The zero-order valence-electron chi connectivity index (χ0n) is 10.3. The number of pyridine rings is 1. The van der Waals surface area contributed by atoms with E-state index in [2.05, 4.69) is 15.4 Å². The van der Waals surface area contributed by atoms with Crippen LogP contribution in [0.5, 0.6) is 0 Å². The quantitative estimate of drug-likeness (QED) is 0.848. The van der Waals surface area contributed by atoms with Crippen LogP contribution in [0.1, 0.15) is 11.3 Å². The topological polar surface area (TPSA) is 85.8 Å². The van der Waals surface area contributed by atoms with Crippen molar-refractivity contribution in [3.63, 3.8) is 0 Å². The van der Waals surface area contributed by atoms with Crippen LogP contribution in [0.2, 0.25) is 0 Å². The molecule has 0 aliphatic carbocycles. The van der Waals surface area contributed by atoms with Crippen molar-refractivity contribution in [2.75, 3.05) is 11.1 Å². The van der Waals surface area contributed by atoms with Gasteiger partial charge in [-0.1, -0.05) is 0 Å². The van der Waals surface area contributed by atoms with Gasteiger partial charge in [0, 0.05) is 11.9 Å². The maximum Gasteiger partial charge on any atom is 0.247 e. The highest BCUT2D eigenvalue weighted by Crippen LogP contribution is 2.09. The lowest BCUT2D eigenvalue weighted by Gasteiger charge is -2.06. The van der Waals surface area contributed by atoms with Crippen molar-refractivity contribution in [2.45, 2.75) is 20.4 Å². The summed E-state index contributed by atoms with van der Waals surface area (Å²) in [6, 6.07) is 5.41.